The van der Waals surface area contributed by atoms with E-state index in [-0.39, 0.29) is 22.4 Å². The first-order valence-electron chi connectivity index (χ1n) is 5.82. The van der Waals surface area contributed by atoms with Gasteiger partial charge < -0.3 is 4.74 Å². The number of Topliss-reactive ketones (excluding diaryl/α,β-unsaturated/α-hetero) is 1. The standard InChI is InChI=1S/C15H11Br2FO2/c1-20-15-8-13(18)12(17)7-11(15)14(19)6-9-3-2-4-10(16)5-9/h2-5,7-8H,6H2,1H3. The van der Waals surface area contributed by atoms with Crippen LogP contribution in [-0.4, -0.2) is 12.9 Å². The number of halogens is 3. The van der Waals surface area contributed by atoms with Crippen LogP contribution in [0.3, 0.4) is 0 Å². The lowest BCUT2D eigenvalue weighted by Gasteiger charge is -2.09. The topological polar surface area (TPSA) is 26.3 Å². The molecular weight excluding hydrogens is 391 g/mol. The molecule has 0 aliphatic heterocycles. The Balaban J connectivity index is 2.31. The first-order chi connectivity index (χ1) is 9.51. The highest BCUT2D eigenvalue weighted by molar-refractivity contribution is 9.10. The number of carbonyl (C=O) groups excluding carboxylic acids is 1. The van der Waals surface area contributed by atoms with E-state index in [1.807, 2.05) is 24.3 Å². The number of methoxy groups -OCH3 is 1. The van der Waals surface area contributed by atoms with Crippen LogP contribution in [0.1, 0.15) is 15.9 Å². The zero-order valence-electron chi connectivity index (χ0n) is 10.6. The zero-order valence-corrected chi connectivity index (χ0v) is 13.8. The van der Waals surface area contributed by atoms with Crippen molar-refractivity contribution >= 4 is 37.6 Å². The van der Waals surface area contributed by atoms with Gasteiger partial charge in [0.15, 0.2) is 5.78 Å². The summed E-state index contributed by atoms with van der Waals surface area (Å²) in [6.45, 7) is 0. The molecule has 0 heterocycles. The average molecular weight is 402 g/mol. The van der Waals surface area contributed by atoms with Crippen LogP contribution >= 0.6 is 31.9 Å². The Morgan fingerprint density at radius 3 is 2.65 bits per heavy atom. The van der Waals surface area contributed by atoms with Gasteiger partial charge in [-0.3, -0.25) is 4.79 Å². The molecule has 104 valence electrons. The number of hydrogen-bond donors (Lipinski definition) is 0. The summed E-state index contributed by atoms with van der Waals surface area (Å²) in [7, 11) is 1.42. The van der Waals surface area contributed by atoms with E-state index in [0.29, 0.717) is 5.56 Å². The normalized spacial score (nSPS) is 10.4. The molecule has 0 fully saturated rings. The molecule has 0 N–H and O–H groups in total. The van der Waals surface area contributed by atoms with Gasteiger partial charge in [-0.2, -0.15) is 0 Å². The van der Waals surface area contributed by atoms with Gasteiger partial charge in [-0.05, 0) is 39.7 Å². The average Bonchev–Trinajstić information content (AvgIpc) is 2.41. The zero-order chi connectivity index (χ0) is 14.7. The molecule has 0 bridgehead atoms. The van der Waals surface area contributed by atoms with Gasteiger partial charge in [0.25, 0.3) is 0 Å². The Morgan fingerprint density at radius 1 is 1.25 bits per heavy atom. The maximum atomic E-state index is 13.4. The predicted octanol–water partition coefficient (Wildman–Crippen LogP) is 4.78. The maximum absolute atomic E-state index is 13.4. The molecule has 2 aromatic rings. The van der Waals surface area contributed by atoms with Gasteiger partial charge in [0, 0.05) is 17.0 Å². The first kappa shape index (κ1) is 15.2. The van der Waals surface area contributed by atoms with Crippen LogP contribution in [-0.2, 0) is 6.42 Å². The summed E-state index contributed by atoms with van der Waals surface area (Å²) in [6, 6.07) is 10.2. The number of carbonyl (C=O) groups is 1. The molecule has 0 aliphatic rings. The highest BCUT2D eigenvalue weighted by Gasteiger charge is 2.16. The summed E-state index contributed by atoms with van der Waals surface area (Å²) in [5.74, 6) is -0.341. The van der Waals surface area contributed by atoms with Crippen LogP contribution in [0.5, 0.6) is 5.75 Å². The third-order valence-electron chi connectivity index (χ3n) is 2.80. The summed E-state index contributed by atoms with van der Waals surface area (Å²) in [4.78, 5) is 12.3. The molecule has 2 nitrogen and oxygen atoms in total. The summed E-state index contributed by atoms with van der Waals surface area (Å²) >= 11 is 6.45. The Labute approximate surface area is 133 Å². The SMILES string of the molecule is COc1cc(F)c(Br)cc1C(=O)Cc1cccc(Br)c1. The van der Waals surface area contributed by atoms with Crippen LogP contribution in [0.15, 0.2) is 45.3 Å². The van der Waals surface area contributed by atoms with E-state index in [1.165, 1.54) is 19.2 Å². The summed E-state index contributed by atoms with van der Waals surface area (Å²) in [5, 5.41) is 0. The number of ketones is 1. The smallest absolute Gasteiger partial charge is 0.170 e. The highest BCUT2D eigenvalue weighted by atomic mass is 79.9. The molecule has 20 heavy (non-hydrogen) atoms. The molecule has 5 heteroatoms. The number of ether oxygens (including phenoxy) is 1. The third-order valence-corrected chi connectivity index (χ3v) is 3.90. The molecular formula is C15H11Br2FO2. The van der Waals surface area contributed by atoms with Gasteiger partial charge in [0.2, 0.25) is 0 Å². The molecule has 0 saturated carbocycles. The molecule has 0 spiro atoms. The molecule has 0 radical (unpaired) electrons. The molecule has 0 amide bonds. The molecule has 0 atom stereocenters. The van der Waals surface area contributed by atoms with E-state index in [1.54, 1.807) is 0 Å². The van der Waals surface area contributed by atoms with Crippen molar-refractivity contribution in [2.45, 2.75) is 6.42 Å². The Hall–Kier alpha value is -1.20. The van der Waals surface area contributed by atoms with Gasteiger partial charge in [-0.15, -0.1) is 0 Å². The van der Waals surface area contributed by atoms with Crippen molar-refractivity contribution in [3.63, 3.8) is 0 Å². The molecule has 2 aromatic carbocycles. The van der Waals surface area contributed by atoms with E-state index in [0.717, 1.165) is 10.0 Å². The number of rotatable bonds is 4. The van der Waals surface area contributed by atoms with Crippen LogP contribution < -0.4 is 4.74 Å². The lowest BCUT2D eigenvalue weighted by atomic mass is 10.0. The minimum absolute atomic E-state index is 0.124. The number of benzene rings is 2. The minimum Gasteiger partial charge on any atom is -0.496 e. The van der Waals surface area contributed by atoms with Crippen molar-refractivity contribution in [1.82, 2.24) is 0 Å². The first-order valence-corrected chi connectivity index (χ1v) is 7.40. The molecule has 0 unspecified atom stereocenters. The summed E-state index contributed by atoms with van der Waals surface area (Å²) in [5.41, 5.74) is 1.24. The second-order valence-corrected chi connectivity index (χ2v) is 5.97. The van der Waals surface area contributed by atoms with Crippen molar-refractivity contribution in [3.8, 4) is 5.75 Å². The predicted molar refractivity (Wildman–Crippen MR) is 82.8 cm³/mol. The molecule has 0 saturated heterocycles. The number of hydrogen-bond acceptors (Lipinski definition) is 2. The fourth-order valence-corrected chi connectivity index (χ4v) is 2.63. The second kappa shape index (κ2) is 6.50. The fraction of sp³-hybridized carbons (Fsp3) is 0.133. The van der Waals surface area contributed by atoms with Gasteiger partial charge >= 0.3 is 0 Å². The van der Waals surface area contributed by atoms with Gasteiger partial charge in [-0.1, -0.05) is 28.1 Å². The molecule has 2 rings (SSSR count). The molecule has 0 aromatic heterocycles. The maximum Gasteiger partial charge on any atom is 0.170 e. The van der Waals surface area contributed by atoms with E-state index in [2.05, 4.69) is 31.9 Å². The van der Waals surface area contributed by atoms with Crippen molar-refractivity contribution in [3.05, 3.63) is 62.3 Å². The van der Waals surface area contributed by atoms with Gasteiger partial charge in [0.1, 0.15) is 11.6 Å². The Kier molecular flexibility index (Phi) is 4.94. The van der Waals surface area contributed by atoms with E-state index in [9.17, 15) is 9.18 Å². The van der Waals surface area contributed by atoms with Crippen molar-refractivity contribution in [2.24, 2.45) is 0 Å². The Bertz CT molecular complexity index is 656. The molecule has 0 aliphatic carbocycles. The van der Waals surface area contributed by atoms with Gasteiger partial charge in [-0.25, -0.2) is 4.39 Å². The van der Waals surface area contributed by atoms with Crippen molar-refractivity contribution in [1.29, 1.82) is 0 Å². The van der Waals surface area contributed by atoms with Crippen LogP contribution in [0.2, 0.25) is 0 Å². The van der Waals surface area contributed by atoms with Gasteiger partial charge in [0.05, 0.1) is 17.1 Å². The fourth-order valence-electron chi connectivity index (χ4n) is 1.84. The van der Waals surface area contributed by atoms with E-state index in [4.69, 9.17) is 4.74 Å². The highest BCUT2D eigenvalue weighted by Crippen LogP contribution is 2.27. The second-order valence-electron chi connectivity index (χ2n) is 4.20. The van der Waals surface area contributed by atoms with Crippen LogP contribution in [0.25, 0.3) is 0 Å². The summed E-state index contributed by atoms with van der Waals surface area (Å²) < 4.78 is 19.7. The quantitative estimate of drug-likeness (QED) is 0.688. The summed E-state index contributed by atoms with van der Waals surface area (Å²) in [6.07, 6.45) is 0.230. The van der Waals surface area contributed by atoms with E-state index < -0.39 is 5.82 Å². The minimum atomic E-state index is -0.458. The van der Waals surface area contributed by atoms with Crippen LogP contribution in [0.4, 0.5) is 4.39 Å². The van der Waals surface area contributed by atoms with Crippen LogP contribution in [0, 0.1) is 5.82 Å². The van der Waals surface area contributed by atoms with Crippen molar-refractivity contribution in [2.75, 3.05) is 7.11 Å². The lowest BCUT2D eigenvalue weighted by molar-refractivity contribution is 0.0990. The monoisotopic (exact) mass is 400 g/mol. The third kappa shape index (κ3) is 3.46. The van der Waals surface area contributed by atoms with Crippen molar-refractivity contribution < 1.29 is 13.9 Å². The Morgan fingerprint density at radius 2 is 2.00 bits per heavy atom. The largest absolute Gasteiger partial charge is 0.496 e. The van der Waals surface area contributed by atoms with E-state index >= 15 is 0 Å². The lowest BCUT2D eigenvalue weighted by Crippen LogP contribution is -2.06.